The number of rotatable bonds is 4. The Bertz CT molecular complexity index is 777. The average molecular weight is 390 g/mol. The lowest BCUT2D eigenvalue weighted by Gasteiger charge is -2.39. The number of hydrogen-bond acceptors (Lipinski definition) is 6. The van der Waals surface area contributed by atoms with Crippen molar-refractivity contribution in [2.75, 3.05) is 25.0 Å². The number of aliphatic hydroxyl groups excluding tert-OH is 1. The summed E-state index contributed by atoms with van der Waals surface area (Å²) in [5.41, 5.74) is -0.268. The van der Waals surface area contributed by atoms with E-state index in [1.54, 1.807) is 10.3 Å². The molecule has 3 N–H and O–H groups in total. The molecule has 0 bridgehead atoms. The molecule has 144 valence electrons. The molecule has 1 aromatic rings. The van der Waals surface area contributed by atoms with Gasteiger partial charge in [0, 0.05) is 30.3 Å². The molecule has 2 fully saturated rings. The van der Waals surface area contributed by atoms with E-state index in [4.69, 9.17) is 6.42 Å². The average Bonchev–Trinajstić information content (AvgIpc) is 3.27. The number of thiazole rings is 1. The van der Waals surface area contributed by atoms with E-state index in [0.717, 1.165) is 12.8 Å². The molecule has 0 aromatic carbocycles. The molecule has 3 rings (SSSR count). The van der Waals surface area contributed by atoms with Gasteiger partial charge in [-0.1, -0.05) is 0 Å². The molecular formula is C18H22N4O4S. The fourth-order valence-corrected chi connectivity index (χ4v) is 4.34. The Balaban J connectivity index is 1.54. The number of aromatic nitrogens is 1. The second kappa shape index (κ2) is 8.06. The van der Waals surface area contributed by atoms with Crippen molar-refractivity contribution >= 4 is 34.9 Å². The topological polar surface area (TPSA) is 112 Å². The van der Waals surface area contributed by atoms with E-state index < -0.39 is 18.7 Å². The van der Waals surface area contributed by atoms with E-state index in [-0.39, 0.29) is 17.1 Å². The van der Waals surface area contributed by atoms with Gasteiger partial charge in [0.05, 0.1) is 6.61 Å². The van der Waals surface area contributed by atoms with Crippen LogP contribution in [-0.4, -0.2) is 58.5 Å². The number of aliphatic hydroxyl groups is 1. The lowest BCUT2D eigenvalue weighted by molar-refractivity contribution is -0.139. The van der Waals surface area contributed by atoms with Crippen LogP contribution in [0.25, 0.3) is 0 Å². The Hall–Kier alpha value is -2.44. The number of piperidine rings is 1. The highest BCUT2D eigenvalue weighted by atomic mass is 32.1. The Kier molecular flexibility index (Phi) is 5.77. The highest BCUT2D eigenvalue weighted by molar-refractivity contribution is 7.10. The van der Waals surface area contributed by atoms with Crippen LogP contribution in [-0.2, 0) is 9.59 Å². The first kappa shape index (κ1) is 19.3. The molecule has 1 saturated heterocycles. The fraction of sp³-hybridized carbons (Fsp3) is 0.556. The van der Waals surface area contributed by atoms with Crippen molar-refractivity contribution in [2.24, 2.45) is 5.41 Å². The summed E-state index contributed by atoms with van der Waals surface area (Å²) in [6.07, 6.45) is 8.98. The predicted octanol–water partition coefficient (Wildman–Crippen LogP) is 0.969. The summed E-state index contributed by atoms with van der Waals surface area (Å²) in [6.45, 7) is 0.406. The highest BCUT2D eigenvalue weighted by Crippen LogP contribution is 2.43. The minimum Gasteiger partial charge on any atom is -0.394 e. The third kappa shape index (κ3) is 4.12. The maximum absolute atomic E-state index is 12.7. The van der Waals surface area contributed by atoms with E-state index in [2.05, 4.69) is 21.5 Å². The lowest BCUT2D eigenvalue weighted by atomic mass is 9.76. The Labute approximate surface area is 161 Å². The fourth-order valence-electron chi connectivity index (χ4n) is 3.79. The van der Waals surface area contributed by atoms with E-state index in [9.17, 15) is 19.5 Å². The maximum Gasteiger partial charge on any atom is 0.321 e. The number of hydrogen-bond donors (Lipinski definition) is 3. The third-order valence-electron chi connectivity index (χ3n) is 5.34. The number of Topliss-reactive ketones (excluding diaryl/α,β-unsaturated/α-hetero) is 1. The standard InChI is InChI=1S/C18H22N4O4S/c1-2-15-20-14(11-27-15)21-17(26)19-12(10-23)16(25)22-8-6-18(7-9-22)5-3-4-13(18)24/h1,11-12,23H,3-10H2,(H2,19,21,26)/t12-/m0/s1. The molecular weight excluding hydrogens is 368 g/mol. The van der Waals surface area contributed by atoms with Gasteiger partial charge in [0.25, 0.3) is 0 Å². The Morgan fingerprint density at radius 2 is 2.15 bits per heavy atom. The third-order valence-corrected chi connectivity index (χ3v) is 6.11. The summed E-state index contributed by atoms with van der Waals surface area (Å²) in [5.74, 6) is 2.61. The van der Waals surface area contributed by atoms with Gasteiger partial charge in [-0.3, -0.25) is 14.9 Å². The minimum atomic E-state index is -1.05. The summed E-state index contributed by atoms with van der Waals surface area (Å²) in [5, 5.41) is 16.5. The molecule has 1 aliphatic heterocycles. The van der Waals surface area contributed by atoms with Crippen LogP contribution >= 0.6 is 11.3 Å². The van der Waals surface area contributed by atoms with Gasteiger partial charge < -0.3 is 15.3 Å². The van der Waals surface area contributed by atoms with Crippen molar-refractivity contribution in [3.8, 4) is 12.3 Å². The van der Waals surface area contributed by atoms with Crippen molar-refractivity contribution in [2.45, 2.75) is 38.1 Å². The summed E-state index contributed by atoms with van der Waals surface area (Å²) >= 11 is 1.21. The molecule has 0 unspecified atom stereocenters. The van der Waals surface area contributed by atoms with Gasteiger partial charge in [0.15, 0.2) is 5.01 Å². The summed E-state index contributed by atoms with van der Waals surface area (Å²) in [7, 11) is 0. The highest BCUT2D eigenvalue weighted by Gasteiger charge is 2.45. The quantitative estimate of drug-likeness (QED) is 0.664. The number of terminal acetylenes is 1. The van der Waals surface area contributed by atoms with Crippen LogP contribution in [0, 0.1) is 17.8 Å². The van der Waals surface area contributed by atoms with Crippen LogP contribution in [0.3, 0.4) is 0 Å². The molecule has 8 nitrogen and oxygen atoms in total. The van der Waals surface area contributed by atoms with Crippen LogP contribution < -0.4 is 10.6 Å². The Morgan fingerprint density at radius 1 is 1.41 bits per heavy atom. The monoisotopic (exact) mass is 390 g/mol. The first-order valence-electron chi connectivity index (χ1n) is 8.90. The molecule has 3 amide bonds. The van der Waals surface area contributed by atoms with Crippen LogP contribution in [0.1, 0.15) is 37.1 Å². The number of anilines is 1. The molecule has 0 radical (unpaired) electrons. The largest absolute Gasteiger partial charge is 0.394 e. The van der Waals surface area contributed by atoms with E-state index >= 15 is 0 Å². The number of carbonyl (C=O) groups excluding carboxylic acids is 3. The first-order valence-corrected chi connectivity index (χ1v) is 9.78. The molecule has 2 heterocycles. The predicted molar refractivity (Wildman–Crippen MR) is 100 cm³/mol. The molecule has 1 spiro atoms. The molecule has 1 saturated carbocycles. The molecule has 1 aliphatic carbocycles. The molecule has 1 aromatic heterocycles. The number of urea groups is 1. The van der Waals surface area contributed by atoms with Crippen LogP contribution in [0.2, 0.25) is 0 Å². The zero-order valence-corrected chi connectivity index (χ0v) is 15.7. The van der Waals surface area contributed by atoms with Gasteiger partial charge in [-0.25, -0.2) is 9.78 Å². The van der Waals surface area contributed by atoms with Crippen molar-refractivity contribution in [3.05, 3.63) is 10.4 Å². The zero-order chi connectivity index (χ0) is 19.4. The lowest BCUT2D eigenvalue weighted by Crippen LogP contribution is -2.54. The molecule has 9 heteroatoms. The van der Waals surface area contributed by atoms with E-state index in [1.807, 2.05) is 0 Å². The van der Waals surface area contributed by atoms with Crippen molar-refractivity contribution in [1.29, 1.82) is 0 Å². The smallest absolute Gasteiger partial charge is 0.321 e. The second-order valence-electron chi connectivity index (χ2n) is 6.90. The number of amides is 3. The van der Waals surface area contributed by atoms with Gasteiger partial charge in [-0.15, -0.1) is 17.8 Å². The second-order valence-corrected chi connectivity index (χ2v) is 7.76. The van der Waals surface area contributed by atoms with Gasteiger partial charge in [-0.2, -0.15) is 0 Å². The van der Waals surface area contributed by atoms with Gasteiger partial charge >= 0.3 is 6.03 Å². The number of ketones is 1. The van der Waals surface area contributed by atoms with Gasteiger partial charge in [0.1, 0.15) is 17.6 Å². The number of carbonyl (C=O) groups is 3. The van der Waals surface area contributed by atoms with Crippen molar-refractivity contribution < 1.29 is 19.5 Å². The van der Waals surface area contributed by atoms with Crippen molar-refractivity contribution in [1.82, 2.24) is 15.2 Å². The summed E-state index contributed by atoms with van der Waals surface area (Å²) in [4.78, 5) is 42.5. The summed E-state index contributed by atoms with van der Waals surface area (Å²) in [6, 6.07) is -1.69. The normalized spacial score (nSPS) is 19.6. The first-order chi connectivity index (χ1) is 13.0. The van der Waals surface area contributed by atoms with Crippen molar-refractivity contribution in [3.63, 3.8) is 0 Å². The van der Waals surface area contributed by atoms with Crippen LogP contribution in [0.15, 0.2) is 5.38 Å². The van der Waals surface area contributed by atoms with E-state index in [1.165, 1.54) is 11.3 Å². The number of nitrogens with one attached hydrogen (secondary N) is 2. The van der Waals surface area contributed by atoms with E-state index in [0.29, 0.717) is 43.1 Å². The number of nitrogens with zero attached hydrogens (tertiary/aromatic N) is 2. The SMILES string of the molecule is C#Cc1nc(NC(=O)N[C@@H](CO)C(=O)N2CCC3(CCCC3=O)CC2)cs1. The maximum atomic E-state index is 12.7. The molecule has 1 atom stereocenters. The van der Waals surface area contributed by atoms with Crippen LogP contribution in [0.4, 0.5) is 10.6 Å². The Morgan fingerprint density at radius 3 is 2.70 bits per heavy atom. The summed E-state index contributed by atoms with van der Waals surface area (Å²) < 4.78 is 0. The van der Waals surface area contributed by atoms with Gasteiger partial charge in [-0.05, 0) is 31.6 Å². The minimum absolute atomic E-state index is 0.268. The molecule has 2 aliphatic rings. The number of likely N-dealkylation sites (tertiary alicyclic amines) is 1. The molecule has 27 heavy (non-hydrogen) atoms. The van der Waals surface area contributed by atoms with Crippen LogP contribution in [0.5, 0.6) is 0 Å². The zero-order valence-electron chi connectivity index (χ0n) is 14.9. The van der Waals surface area contributed by atoms with Gasteiger partial charge in [0.2, 0.25) is 5.91 Å².